The summed E-state index contributed by atoms with van der Waals surface area (Å²) in [7, 11) is -0.882. The maximum Gasteiger partial charge on any atom is 0.416 e. The molecule has 126 valence electrons. The summed E-state index contributed by atoms with van der Waals surface area (Å²) >= 11 is 0. The van der Waals surface area contributed by atoms with E-state index in [-0.39, 0.29) is 34.2 Å². The number of benzene rings is 1. The smallest absolute Gasteiger partial charge is 0.299 e. The average Bonchev–Trinajstić information content (AvgIpc) is 2.68. The van der Waals surface area contributed by atoms with Crippen LogP contribution in [0.25, 0.3) is 0 Å². The van der Waals surface area contributed by atoms with E-state index in [0.29, 0.717) is 18.9 Å². The summed E-state index contributed by atoms with van der Waals surface area (Å²) in [4.78, 5) is 12.4. The number of ketones is 1. The van der Waals surface area contributed by atoms with Crippen molar-refractivity contribution in [1.29, 1.82) is 0 Å². The summed E-state index contributed by atoms with van der Waals surface area (Å²) in [6.45, 7) is 0. The second kappa shape index (κ2) is 6.00. The molecule has 0 aromatic heterocycles. The van der Waals surface area contributed by atoms with Crippen molar-refractivity contribution in [3.05, 3.63) is 35.1 Å². The number of carbonyl (C=O) groups excluding carboxylic acids is 1. The fourth-order valence-electron chi connectivity index (χ4n) is 3.56. The van der Waals surface area contributed by atoms with E-state index >= 15 is 0 Å². The molecule has 2 bridgehead atoms. The summed E-state index contributed by atoms with van der Waals surface area (Å²) in [6, 6.07) is 2.23. The molecule has 7 heteroatoms. The van der Waals surface area contributed by atoms with Gasteiger partial charge in [-0.3, -0.25) is 9.00 Å². The first-order valence-electron chi connectivity index (χ1n) is 7.53. The van der Waals surface area contributed by atoms with Crippen LogP contribution in [0.5, 0.6) is 0 Å². The number of fused-ring (bicyclic) bond motifs is 2. The van der Waals surface area contributed by atoms with Crippen LogP contribution >= 0.6 is 0 Å². The van der Waals surface area contributed by atoms with Crippen molar-refractivity contribution in [3.8, 4) is 0 Å². The minimum atomic E-state index is -4.64. The number of alkyl halides is 3. The Morgan fingerprint density at radius 2 is 1.74 bits per heavy atom. The van der Waals surface area contributed by atoms with Gasteiger partial charge in [-0.15, -0.1) is 0 Å². The highest BCUT2D eigenvalue weighted by Gasteiger charge is 2.42. The first-order chi connectivity index (χ1) is 10.7. The molecule has 2 aliphatic rings. The Morgan fingerprint density at radius 3 is 2.30 bits per heavy atom. The Hall–Kier alpha value is -1.24. The molecule has 2 nitrogen and oxygen atoms in total. The fourth-order valence-corrected chi connectivity index (χ4v) is 5.68. The van der Waals surface area contributed by atoms with Crippen LogP contribution in [0.2, 0.25) is 0 Å². The van der Waals surface area contributed by atoms with Gasteiger partial charge in [0.05, 0.1) is 5.56 Å². The lowest BCUT2D eigenvalue weighted by atomic mass is 9.90. The molecule has 0 saturated carbocycles. The first kappa shape index (κ1) is 16.6. The third-order valence-corrected chi connectivity index (χ3v) is 6.85. The van der Waals surface area contributed by atoms with Crippen molar-refractivity contribution < 1.29 is 26.6 Å². The molecule has 0 radical (unpaired) electrons. The molecule has 0 spiro atoms. The number of Topliss-reactive ketones (excluding diaryl/α,β-unsaturated/α-hetero) is 1. The van der Waals surface area contributed by atoms with E-state index < -0.39 is 28.4 Å². The quantitative estimate of drug-likeness (QED) is 0.782. The van der Waals surface area contributed by atoms with E-state index in [9.17, 15) is 26.6 Å². The van der Waals surface area contributed by atoms with E-state index in [4.69, 9.17) is 0 Å². The van der Waals surface area contributed by atoms with Crippen LogP contribution < -0.4 is 0 Å². The molecule has 2 aliphatic heterocycles. The van der Waals surface area contributed by atoms with E-state index in [1.807, 2.05) is 0 Å². The average molecular weight is 348 g/mol. The molecule has 3 rings (SSSR count). The molecule has 0 aliphatic carbocycles. The molecule has 0 N–H and O–H groups in total. The summed E-state index contributed by atoms with van der Waals surface area (Å²) in [5.74, 6) is -1.45. The molecule has 2 unspecified atom stereocenters. The van der Waals surface area contributed by atoms with Gasteiger partial charge < -0.3 is 0 Å². The van der Waals surface area contributed by atoms with Gasteiger partial charge in [-0.2, -0.15) is 13.2 Å². The Labute approximate surface area is 133 Å². The van der Waals surface area contributed by atoms with Gasteiger partial charge in [0.15, 0.2) is 0 Å². The van der Waals surface area contributed by atoms with Crippen LogP contribution in [0.15, 0.2) is 18.2 Å². The molecule has 2 fully saturated rings. The van der Waals surface area contributed by atoms with E-state index in [1.165, 1.54) is 0 Å². The Morgan fingerprint density at radius 1 is 1.13 bits per heavy atom. The second-order valence-corrected chi connectivity index (χ2v) is 8.30. The standard InChI is InChI=1S/C16H16F4O2S/c17-12-4-9(3-11(8-12)16(18,19)20)5-15(21)10-6-13-1-2-14(7-10)23(13)22/h3-4,8,10,13-14H,1-2,5-7H2. The van der Waals surface area contributed by atoms with Crippen molar-refractivity contribution in [2.45, 2.75) is 48.8 Å². The lowest BCUT2D eigenvalue weighted by Crippen LogP contribution is -2.33. The molecular weight excluding hydrogens is 332 g/mol. The van der Waals surface area contributed by atoms with E-state index in [0.717, 1.165) is 25.0 Å². The SMILES string of the molecule is O=C(Cc1cc(F)cc(C(F)(F)F)c1)C1CC2CCC(C1)S2=O. The van der Waals surface area contributed by atoms with Gasteiger partial charge in [0.25, 0.3) is 0 Å². The molecule has 2 heterocycles. The third kappa shape index (κ3) is 3.49. The van der Waals surface area contributed by atoms with Gasteiger partial charge in [0, 0.05) is 33.6 Å². The van der Waals surface area contributed by atoms with Gasteiger partial charge in [-0.1, -0.05) is 0 Å². The second-order valence-electron chi connectivity index (χ2n) is 6.31. The van der Waals surface area contributed by atoms with Crippen molar-refractivity contribution in [2.24, 2.45) is 5.92 Å². The lowest BCUT2D eigenvalue weighted by molar-refractivity contribution is -0.138. The summed E-state index contributed by atoms with van der Waals surface area (Å²) in [5.41, 5.74) is -1.04. The van der Waals surface area contributed by atoms with Crippen LogP contribution in [0, 0.1) is 11.7 Å². The molecule has 23 heavy (non-hydrogen) atoms. The highest BCUT2D eigenvalue weighted by Crippen LogP contribution is 2.39. The van der Waals surface area contributed by atoms with Gasteiger partial charge in [-0.05, 0) is 49.4 Å². The molecular formula is C16H16F4O2S. The van der Waals surface area contributed by atoms with E-state index in [1.54, 1.807) is 0 Å². The maximum atomic E-state index is 13.4. The molecule has 2 saturated heterocycles. The van der Waals surface area contributed by atoms with Crippen LogP contribution in [0.3, 0.4) is 0 Å². The lowest BCUT2D eigenvalue weighted by Gasteiger charge is -2.26. The largest absolute Gasteiger partial charge is 0.416 e. The molecule has 1 aromatic carbocycles. The number of halogens is 4. The van der Waals surface area contributed by atoms with Crippen LogP contribution in [0.4, 0.5) is 17.6 Å². The van der Waals surface area contributed by atoms with Crippen molar-refractivity contribution in [2.75, 3.05) is 0 Å². The van der Waals surface area contributed by atoms with Gasteiger partial charge in [-0.25, -0.2) is 4.39 Å². The maximum absolute atomic E-state index is 13.4. The van der Waals surface area contributed by atoms with Crippen LogP contribution in [0.1, 0.15) is 36.8 Å². The van der Waals surface area contributed by atoms with Gasteiger partial charge >= 0.3 is 6.18 Å². The Balaban J connectivity index is 1.73. The fraction of sp³-hybridized carbons (Fsp3) is 0.562. The van der Waals surface area contributed by atoms with Crippen molar-refractivity contribution in [1.82, 2.24) is 0 Å². The number of hydrogen-bond acceptors (Lipinski definition) is 2. The first-order valence-corrected chi connectivity index (χ1v) is 8.80. The third-order valence-electron chi connectivity index (χ3n) is 4.68. The van der Waals surface area contributed by atoms with E-state index in [2.05, 4.69) is 0 Å². The van der Waals surface area contributed by atoms with Crippen molar-refractivity contribution in [3.63, 3.8) is 0 Å². The Kier molecular flexibility index (Phi) is 4.33. The minimum Gasteiger partial charge on any atom is -0.299 e. The van der Waals surface area contributed by atoms with Gasteiger partial charge in [0.2, 0.25) is 0 Å². The zero-order valence-corrected chi connectivity index (χ0v) is 13.1. The van der Waals surface area contributed by atoms with Gasteiger partial charge in [0.1, 0.15) is 11.6 Å². The molecule has 1 aromatic rings. The Bertz CT molecular complexity index is 640. The van der Waals surface area contributed by atoms with Crippen LogP contribution in [-0.2, 0) is 28.2 Å². The zero-order chi connectivity index (χ0) is 16.8. The zero-order valence-electron chi connectivity index (χ0n) is 12.2. The topological polar surface area (TPSA) is 34.1 Å². The number of hydrogen-bond donors (Lipinski definition) is 0. The molecule has 2 atom stereocenters. The van der Waals surface area contributed by atoms with Crippen molar-refractivity contribution >= 4 is 16.6 Å². The molecule has 0 amide bonds. The monoisotopic (exact) mass is 348 g/mol. The summed E-state index contributed by atoms with van der Waals surface area (Å²) in [6.07, 6.45) is -2.09. The number of carbonyl (C=O) groups is 1. The number of rotatable bonds is 3. The highest BCUT2D eigenvalue weighted by atomic mass is 32.2. The van der Waals surface area contributed by atoms with Crippen LogP contribution in [-0.4, -0.2) is 20.5 Å². The highest BCUT2D eigenvalue weighted by molar-refractivity contribution is 7.86. The predicted molar refractivity (Wildman–Crippen MR) is 77.8 cm³/mol. The summed E-state index contributed by atoms with van der Waals surface area (Å²) < 4.78 is 63.4. The summed E-state index contributed by atoms with van der Waals surface area (Å²) in [5, 5.41) is 0.0573. The predicted octanol–water partition coefficient (Wildman–Crippen LogP) is 3.65. The minimum absolute atomic E-state index is 0.0287. The normalized spacial score (nSPS) is 30.4.